The molecular formula is C13H12FNO2S. The highest BCUT2D eigenvalue weighted by Gasteiger charge is 2.16. The Morgan fingerprint density at radius 2 is 1.72 bits per heavy atom. The minimum absolute atomic E-state index is 0.0937. The van der Waals surface area contributed by atoms with E-state index in [2.05, 4.69) is 0 Å². The Bertz CT molecular complexity index is 634. The van der Waals surface area contributed by atoms with Crippen LogP contribution in [0.2, 0.25) is 0 Å². The summed E-state index contributed by atoms with van der Waals surface area (Å²) in [7, 11) is -3.58. The Labute approximate surface area is 105 Å². The van der Waals surface area contributed by atoms with E-state index in [0.717, 1.165) is 12.1 Å². The lowest BCUT2D eigenvalue weighted by Gasteiger charge is -2.06. The monoisotopic (exact) mass is 265 g/mol. The zero-order valence-electron chi connectivity index (χ0n) is 9.51. The van der Waals surface area contributed by atoms with E-state index >= 15 is 0 Å². The van der Waals surface area contributed by atoms with Crippen molar-refractivity contribution in [3.05, 3.63) is 59.9 Å². The molecule has 0 spiro atoms. The molecule has 0 aliphatic heterocycles. The standard InChI is InChI=1S/C13H12FNO2S/c14-11-6-12(15)8-13(7-11)18(16,17)9-10-4-2-1-3-5-10/h1-8H,9,15H2. The number of rotatable bonds is 3. The predicted molar refractivity (Wildman–Crippen MR) is 68.1 cm³/mol. The van der Waals surface area contributed by atoms with E-state index in [-0.39, 0.29) is 16.3 Å². The molecule has 0 fully saturated rings. The number of hydrogen-bond donors (Lipinski definition) is 1. The third kappa shape index (κ3) is 2.87. The van der Waals surface area contributed by atoms with Crippen LogP contribution < -0.4 is 5.73 Å². The van der Waals surface area contributed by atoms with Gasteiger partial charge in [0, 0.05) is 5.69 Å². The van der Waals surface area contributed by atoms with Gasteiger partial charge in [-0.2, -0.15) is 0 Å². The van der Waals surface area contributed by atoms with Crippen LogP contribution in [-0.4, -0.2) is 8.42 Å². The average Bonchev–Trinajstić information content (AvgIpc) is 2.28. The van der Waals surface area contributed by atoms with Crippen LogP contribution in [0.4, 0.5) is 10.1 Å². The van der Waals surface area contributed by atoms with Crippen molar-refractivity contribution in [1.29, 1.82) is 0 Å². The van der Waals surface area contributed by atoms with Crippen molar-refractivity contribution in [3.63, 3.8) is 0 Å². The summed E-state index contributed by atoms with van der Waals surface area (Å²) in [6, 6.07) is 12.1. The summed E-state index contributed by atoms with van der Waals surface area (Å²) in [6.07, 6.45) is 0. The predicted octanol–water partition coefficient (Wildman–Crippen LogP) is 2.38. The van der Waals surface area contributed by atoms with Gasteiger partial charge in [-0.05, 0) is 23.8 Å². The normalized spacial score (nSPS) is 11.4. The van der Waals surface area contributed by atoms with Gasteiger partial charge in [-0.15, -0.1) is 0 Å². The second-order valence-corrected chi connectivity index (χ2v) is 5.95. The van der Waals surface area contributed by atoms with E-state index in [1.807, 2.05) is 0 Å². The molecule has 94 valence electrons. The highest BCUT2D eigenvalue weighted by molar-refractivity contribution is 7.90. The second-order valence-electron chi connectivity index (χ2n) is 3.96. The van der Waals surface area contributed by atoms with Crippen molar-refractivity contribution in [2.75, 3.05) is 5.73 Å². The topological polar surface area (TPSA) is 60.2 Å². The molecular weight excluding hydrogens is 253 g/mol. The van der Waals surface area contributed by atoms with Gasteiger partial charge in [0.1, 0.15) is 5.82 Å². The minimum atomic E-state index is -3.58. The van der Waals surface area contributed by atoms with Crippen LogP contribution in [0.25, 0.3) is 0 Å². The number of sulfone groups is 1. The van der Waals surface area contributed by atoms with Gasteiger partial charge < -0.3 is 5.73 Å². The smallest absolute Gasteiger partial charge is 0.182 e. The van der Waals surface area contributed by atoms with Gasteiger partial charge in [0.25, 0.3) is 0 Å². The lowest BCUT2D eigenvalue weighted by Crippen LogP contribution is -2.06. The summed E-state index contributed by atoms with van der Waals surface area (Å²) in [5.41, 5.74) is 6.20. The van der Waals surface area contributed by atoms with Crippen molar-refractivity contribution in [1.82, 2.24) is 0 Å². The number of benzene rings is 2. The summed E-state index contributed by atoms with van der Waals surface area (Å²) in [5.74, 6) is -0.821. The Kier molecular flexibility index (Phi) is 3.34. The number of nitrogen functional groups attached to an aromatic ring is 1. The van der Waals surface area contributed by atoms with Crippen LogP contribution >= 0.6 is 0 Å². The summed E-state index contributed by atoms with van der Waals surface area (Å²) in [5, 5.41) is 0. The Morgan fingerprint density at radius 1 is 1.06 bits per heavy atom. The largest absolute Gasteiger partial charge is 0.399 e. The highest BCUT2D eigenvalue weighted by Crippen LogP contribution is 2.20. The van der Waals surface area contributed by atoms with Gasteiger partial charge in [-0.3, -0.25) is 0 Å². The van der Waals surface area contributed by atoms with E-state index in [1.165, 1.54) is 6.07 Å². The summed E-state index contributed by atoms with van der Waals surface area (Å²) >= 11 is 0. The number of anilines is 1. The molecule has 2 N–H and O–H groups in total. The first-order valence-corrected chi connectivity index (χ1v) is 6.95. The summed E-state index contributed by atoms with van der Waals surface area (Å²) in [4.78, 5) is -0.0937. The van der Waals surface area contributed by atoms with Crippen molar-refractivity contribution < 1.29 is 12.8 Å². The van der Waals surface area contributed by atoms with Crippen LogP contribution in [-0.2, 0) is 15.6 Å². The number of nitrogens with two attached hydrogens (primary N) is 1. The minimum Gasteiger partial charge on any atom is -0.399 e. The van der Waals surface area contributed by atoms with Crippen LogP contribution in [0, 0.1) is 5.82 Å². The maximum Gasteiger partial charge on any atom is 0.182 e. The van der Waals surface area contributed by atoms with Crippen molar-refractivity contribution in [2.24, 2.45) is 0 Å². The van der Waals surface area contributed by atoms with Crippen molar-refractivity contribution >= 4 is 15.5 Å². The third-order valence-corrected chi connectivity index (χ3v) is 4.12. The molecule has 5 heteroatoms. The quantitative estimate of drug-likeness (QED) is 0.867. The maximum atomic E-state index is 13.2. The molecule has 0 aliphatic carbocycles. The molecule has 0 radical (unpaired) electrons. The molecule has 2 rings (SSSR count). The van der Waals surface area contributed by atoms with Crippen LogP contribution in [0.3, 0.4) is 0 Å². The van der Waals surface area contributed by atoms with Gasteiger partial charge in [-0.25, -0.2) is 12.8 Å². The molecule has 0 bridgehead atoms. The molecule has 0 atom stereocenters. The fraction of sp³-hybridized carbons (Fsp3) is 0.0769. The van der Waals surface area contributed by atoms with E-state index < -0.39 is 15.7 Å². The molecule has 3 nitrogen and oxygen atoms in total. The Balaban J connectivity index is 2.37. The van der Waals surface area contributed by atoms with Crippen LogP contribution in [0.1, 0.15) is 5.56 Å². The van der Waals surface area contributed by atoms with E-state index in [4.69, 9.17) is 5.73 Å². The lowest BCUT2D eigenvalue weighted by molar-refractivity contribution is 0.590. The number of halogens is 1. The molecule has 2 aromatic carbocycles. The molecule has 0 aliphatic rings. The fourth-order valence-corrected chi connectivity index (χ4v) is 3.05. The molecule has 0 aromatic heterocycles. The first-order chi connectivity index (χ1) is 8.47. The van der Waals surface area contributed by atoms with Crippen molar-refractivity contribution in [2.45, 2.75) is 10.6 Å². The molecule has 0 unspecified atom stereocenters. The Hall–Kier alpha value is -1.88. The fourth-order valence-electron chi connectivity index (χ4n) is 1.64. The van der Waals surface area contributed by atoms with Crippen molar-refractivity contribution in [3.8, 4) is 0 Å². The van der Waals surface area contributed by atoms with Gasteiger partial charge >= 0.3 is 0 Å². The molecule has 0 amide bonds. The average molecular weight is 265 g/mol. The van der Waals surface area contributed by atoms with Gasteiger partial charge in [0.2, 0.25) is 0 Å². The number of hydrogen-bond acceptors (Lipinski definition) is 3. The molecule has 0 saturated carbocycles. The zero-order valence-corrected chi connectivity index (χ0v) is 10.3. The molecule has 0 saturated heterocycles. The summed E-state index contributed by atoms with van der Waals surface area (Å²) < 4.78 is 37.3. The lowest BCUT2D eigenvalue weighted by atomic mass is 10.2. The Morgan fingerprint density at radius 3 is 2.33 bits per heavy atom. The first kappa shape index (κ1) is 12.6. The first-order valence-electron chi connectivity index (χ1n) is 5.30. The molecule has 2 aromatic rings. The highest BCUT2D eigenvalue weighted by atomic mass is 32.2. The summed E-state index contributed by atoms with van der Waals surface area (Å²) in [6.45, 7) is 0. The third-order valence-electron chi connectivity index (χ3n) is 2.45. The second kappa shape index (κ2) is 4.78. The molecule has 18 heavy (non-hydrogen) atoms. The SMILES string of the molecule is Nc1cc(F)cc(S(=O)(=O)Cc2ccccc2)c1. The van der Waals surface area contributed by atoms with E-state index in [9.17, 15) is 12.8 Å². The molecule has 0 heterocycles. The maximum absolute atomic E-state index is 13.2. The van der Waals surface area contributed by atoms with Gasteiger partial charge in [0.15, 0.2) is 9.84 Å². The van der Waals surface area contributed by atoms with Crippen LogP contribution in [0.15, 0.2) is 53.4 Å². The van der Waals surface area contributed by atoms with Gasteiger partial charge in [-0.1, -0.05) is 30.3 Å². The zero-order chi connectivity index (χ0) is 13.2. The van der Waals surface area contributed by atoms with Gasteiger partial charge in [0.05, 0.1) is 10.6 Å². The van der Waals surface area contributed by atoms with Crippen LogP contribution in [0.5, 0.6) is 0 Å². The van der Waals surface area contributed by atoms with E-state index in [1.54, 1.807) is 30.3 Å². The van der Waals surface area contributed by atoms with E-state index in [0.29, 0.717) is 5.56 Å².